The lowest BCUT2D eigenvalue weighted by Crippen LogP contribution is -2.31. The fraction of sp³-hybridized carbons (Fsp3) is 0.316. The normalized spacial score (nSPS) is 10.3. The Morgan fingerprint density at radius 1 is 1.04 bits per heavy atom. The molecule has 0 radical (unpaired) electrons. The molecular weight excluding hydrogens is 377 g/mol. The molecule has 0 bridgehead atoms. The lowest BCUT2D eigenvalue weighted by atomic mass is 10.1. The Labute approximate surface area is 162 Å². The van der Waals surface area contributed by atoms with Crippen molar-refractivity contribution in [2.75, 3.05) is 35.0 Å². The Morgan fingerprint density at radius 2 is 1.70 bits per heavy atom. The monoisotopic (exact) mass is 397 g/mol. The van der Waals surface area contributed by atoms with Crippen LogP contribution in [0.15, 0.2) is 30.3 Å². The molecule has 0 heterocycles. The van der Waals surface area contributed by atoms with E-state index < -0.39 is 5.82 Å². The average Bonchev–Trinajstić information content (AvgIpc) is 2.66. The van der Waals surface area contributed by atoms with Crippen LogP contribution >= 0.6 is 11.6 Å². The predicted molar refractivity (Wildman–Crippen MR) is 99.5 cm³/mol. The van der Waals surface area contributed by atoms with Gasteiger partial charge in [-0.3, -0.25) is 4.79 Å². The number of nitrogens with zero attached hydrogens (tertiary/aromatic N) is 1. The highest BCUT2D eigenvalue weighted by molar-refractivity contribution is 6.32. The summed E-state index contributed by atoms with van der Waals surface area (Å²) in [7, 11) is 6.19. The fourth-order valence-corrected chi connectivity index (χ4v) is 2.70. The molecule has 1 amide bonds. The van der Waals surface area contributed by atoms with Gasteiger partial charge in [-0.2, -0.15) is 0 Å². The summed E-state index contributed by atoms with van der Waals surface area (Å²) in [5.41, 5.74) is 0.741. The summed E-state index contributed by atoms with van der Waals surface area (Å²) < 4.78 is 34.5. The molecule has 146 valence electrons. The highest BCUT2D eigenvalue weighted by atomic mass is 35.5. The van der Waals surface area contributed by atoms with Gasteiger partial charge in [-0.1, -0.05) is 11.6 Å². The smallest absolute Gasteiger partial charge is 0.260 e. The zero-order chi connectivity index (χ0) is 20.0. The third-order valence-corrected chi connectivity index (χ3v) is 4.16. The molecular formula is C19H21ClFNO5. The van der Waals surface area contributed by atoms with Crippen molar-refractivity contribution in [2.45, 2.75) is 6.54 Å². The van der Waals surface area contributed by atoms with Crippen LogP contribution in [0.3, 0.4) is 0 Å². The van der Waals surface area contributed by atoms with Crippen LogP contribution in [0.5, 0.6) is 23.0 Å². The summed E-state index contributed by atoms with van der Waals surface area (Å²) in [5, 5.41) is 0.104. The first kappa shape index (κ1) is 20.6. The van der Waals surface area contributed by atoms with Crippen LogP contribution in [-0.2, 0) is 11.3 Å². The van der Waals surface area contributed by atoms with E-state index in [9.17, 15) is 9.18 Å². The molecule has 0 aliphatic carbocycles. The SMILES string of the molecule is COc1ccc(CN(C)C(=O)COc2ccc(F)cc2Cl)c(OC)c1OC. The van der Waals surface area contributed by atoms with Crippen LogP contribution in [0, 0.1) is 5.82 Å². The Morgan fingerprint density at radius 3 is 2.30 bits per heavy atom. The van der Waals surface area contributed by atoms with Gasteiger partial charge in [0.1, 0.15) is 11.6 Å². The van der Waals surface area contributed by atoms with Crippen molar-refractivity contribution in [1.82, 2.24) is 4.90 Å². The molecule has 0 aliphatic heterocycles. The van der Waals surface area contributed by atoms with Gasteiger partial charge in [-0.05, 0) is 30.3 Å². The van der Waals surface area contributed by atoms with Crippen LogP contribution in [0.1, 0.15) is 5.56 Å². The number of ether oxygens (including phenoxy) is 4. The van der Waals surface area contributed by atoms with Crippen LogP contribution in [0.4, 0.5) is 4.39 Å². The second-order valence-corrected chi connectivity index (χ2v) is 6.01. The zero-order valence-corrected chi connectivity index (χ0v) is 16.3. The first-order valence-corrected chi connectivity index (χ1v) is 8.38. The van der Waals surface area contributed by atoms with Crippen molar-refractivity contribution >= 4 is 17.5 Å². The van der Waals surface area contributed by atoms with Crippen molar-refractivity contribution in [3.63, 3.8) is 0 Å². The topological polar surface area (TPSA) is 57.2 Å². The molecule has 0 saturated carbocycles. The van der Waals surface area contributed by atoms with Crippen molar-refractivity contribution < 1.29 is 28.1 Å². The van der Waals surface area contributed by atoms with Gasteiger partial charge in [0.15, 0.2) is 18.1 Å². The molecule has 6 nitrogen and oxygen atoms in total. The van der Waals surface area contributed by atoms with Crippen LogP contribution in [0.25, 0.3) is 0 Å². The van der Waals surface area contributed by atoms with E-state index in [1.807, 2.05) is 0 Å². The third kappa shape index (κ3) is 4.95. The summed E-state index contributed by atoms with van der Waals surface area (Å²) in [6.45, 7) is 0.0281. The molecule has 27 heavy (non-hydrogen) atoms. The number of halogens is 2. The molecule has 8 heteroatoms. The van der Waals surface area contributed by atoms with E-state index in [4.69, 9.17) is 30.5 Å². The number of carbonyl (C=O) groups is 1. The Kier molecular flexibility index (Phi) is 7.12. The quantitative estimate of drug-likeness (QED) is 0.682. The van der Waals surface area contributed by atoms with E-state index in [2.05, 4.69) is 0 Å². The molecule has 2 aromatic rings. The van der Waals surface area contributed by atoms with Gasteiger partial charge < -0.3 is 23.8 Å². The molecule has 0 saturated heterocycles. The zero-order valence-electron chi connectivity index (χ0n) is 15.5. The Hall–Kier alpha value is -2.67. The first-order valence-electron chi connectivity index (χ1n) is 8.00. The minimum atomic E-state index is -0.476. The number of methoxy groups -OCH3 is 3. The number of likely N-dealkylation sites (N-methyl/N-ethyl adjacent to an activating group) is 1. The van der Waals surface area contributed by atoms with Gasteiger partial charge >= 0.3 is 0 Å². The number of amides is 1. The molecule has 0 atom stereocenters. The van der Waals surface area contributed by atoms with E-state index >= 15 is 0 Å². The molecule has 0 N–H and O–H groups in total. The molecule has 0 spiro atoms. The first-order chi connectivity index (χ1) is 12.9. The maximum absolute atomic E-state index is 13.1. The fourth-order valence-electron chi connectivity index (χ4n) is 2.47. The number of benzene rings is 2. The molecule has 0 unspecified atom stereocenters. The summed E-state index contributed by atoms with van der Waals surface area (Å²) >= 11 is 5.89. The van der Waals surface area contributed by atoms with E-state index in [-0.39, 0.29) is 29.8 Å². The second kappa shape index (κ2) is 9.32. The maximum atomic E-state index is 13.1. The third-order valence-electron chi connectivity index (χ3n) is 3.86. The number of rotatable bonds is 8. The van der Waals surface area contributed by atoms with Crippen molar-refractivity contribution in [3.8, 4) is 23.0 Å². The minimum Gasteiger partial charge on any atom is -0.493 e. The summed E-state index contributed by atoms with van der Waals surface area (Å²) in [6, 6.07) is 7.25. The van der Waals surface area contributed by atoms with Crippen molar-refractivity contribution in [2.24, 2.45) is 0 Å². The lowest BCUT2D eigenvalue weighted by Gasteiger charge is -2.21. The standard InChI is InChI=1S/C19H21ClFNO5/c1-22(17(23)11-27-15-8-6-13(21)9-14(15)20)10-12-5-7-16(24-2)19(26-4)18(12)25-3/h5-9H,10-11H2,1-4H3. The van der Waals surface area contributed by atoms with E-state index in [0.717, 1.165) is 11.6 Å². The number of carbonyl (C=O) groups excluding carboxylic acids is 1. The lowest BCUT2D eigenvalue weighted by molar-refractivity contribution is -0.132. The summed E-state index contributed by atoms with van der Waals surface area (Å²) in [4.78, 5) is 13.8. The van der Waals surface area contributed by atoms with Crippen molar-refractivity contribution in [1.29, 1.82) is 0 Å². The number of hydrogen-bond donors (Lipinski definition) is 0. The van der Waals surface area contributed by atoms with E-state index in [1.165, 1.54) is 38.4 Å². The van der Waals surface area contributed by atoms with Crippen molar-refractivity contribution in [3.05, 3.63) is 46.7 Å². The van der Waals surface area contributed by atoms with Crippen LogP contribution in [0.2, 0.25) is 5.02 Å². The second-order valence-electron chi connectivity index (χ2n) is 5.61. The van der Waals surface area contributed by atoms with Gasteiger partial charge in [0.25, 0.3) is 5.91 Å². The van der Waals surface area contributed by atoms with E-state index in [0.29, 0.717) is 17.2 Å². The molecule has 2 aromatic carbocycles. The van der Waals surface area contributed by atoms with Gasteiger partial charge in [-0.25, -0.2) is 4.39 Å². The Balaban J connectivity index is 2.07. The predicted octanol–water partition coefficient (Wildman–Crippen LogP) is 3.54. The minimum absolute atomic E-state index is 0.104. The van der Waals surface area contributed by atoms with Gasteiger partial charge in [-0.15, -0.1) is 0 Å². The summed E-state index contributed by atoms with van der Waals surface area (Å²) in [5.74, 6) is 0.945. The van der Waals surface area contributed by atoms with Gasteiger partial charge in [0.05, 0.1) is 26.4 Å². The highest BCUT2D eigenvalue weighted by Gasteiger charge is 2.19. The van der Waals surface area contributed by atoms with Gasteiger partial charge in [0.2, 0.25) is 5.75 Å². The number of hydrogen-bond acceptors (Lipinski definition) is 5. The van der Waals surface area contributed by atoms with Crippen LogP contribution < -0.4 is 18.9 Å². The molecule has 0 aromatic heterocycles. The van der Waals surface area contributed by atoms with E-state index in [1.54, 1.807) is 19.2 Å². The summed E-state index contributed by atoms with van der Waals surface area (Å²) in [6.07, 6.45) is 0. The highest BCUT2D eigenvalue weighted by Crippen LogP contribution is 2.40. The molecule has 0 fully saturated rings. The van der Waals surface area contributed by atoms with Gasteiger partial charge in [0, 0.05) is 19.2 Å². The average molecular weight is 398 g/mol. The largest absolute Gasteiger partial charge is 0.493 e. The maximum Gasteiger partial charge on any atom is 0.260 e. The Bertz CT molecular complexity index is 815. The van der Waals surface area contributed by atoms with Crippen LogP contribution in [-0.4, -0.2) is 45.8 Å². The molecule has 0 aliphatic rings. The molecule has 2 rings (SSSR count).